The smallest absolute Gasteiger partial charge is 0.107 e. The van der Waals surface area contributed by atoms with E-state index in [0.29, 0.717) is 13.2 Å². The summed E-state index contributed by atoms with van der Waals surface area (Å²) in [7, 11) is 1.80. The maximum Gasteiger partial charge on any atom is 0.107 e. The number of methoxy groups -OCH3 is 1. The van der Waals surface area contributed by atoms with Gasteiger partial charge in [-0.15, -0.1) is 5.10 Å². The highest BCUT2D eigenvalue weighted by Gasteiger charge is 2.44. The standard InChI is InChI=1S/C24H29N5O/c1-16-13-17(9-12-25-16)21-18-7-4-3-5-8-19(18)27-23(22(21)20-14-26-29-28-20)24(15-30-2)10-6-11-24/h9,12-13H,3-8,10-11,14-15H2,1-2H3. The van der Waals surface area contributed by atoms with E-state index in [-0.39, 0.29) is 5.41 Å². The van der Waals surface area contributed by atoms with Crippen molar-refractivity contribution in [2.24, 2.45) is 15.4 Å². The Balaban J connectivity index is 1.83. The summed E-state index contributed by atoms with van der Waals surface area (Å²) in [6, 6.07) is 4.33. The minimum atomic E-state index is -0.0344. The lowest BCUT2D eigenvalue weighted by Gasteiger charge is -2.42. The number of rotatable bonds is 5. The van der Waals surface area contributed by atoms with Gasteiger partial charge in [-0.25, -0.2) is 0 Å². The van der Waals surface area contributed by atoms with E-state index in [1.807, 2.05) is 6.20 Å². The third-order valence-corrected chi connectivity index (χ3v) is 6.88. The molecule has 2 aromatic heterocycles. The maximum absolute atomic E-state index is 5.72. The molecule has 0 atom stereocenters. The Hall–Kier alpha value is -2.47. The monoisotopic (exact) mass is 403 g/mol. The first kappa shape index (κ1) is 19.5. The van der Waals surface area contributed by atoms with Crippen LogP contribution in [0.2, 0.25) is 0 Å². The fourth-order valence-electron chi connectivity index (χ4n) is 5.28. The fourth-order valence-corrected chi connectivity index (χ4v) is 5.28. The van der Waals surface area contributed by atoms with Gasteiger partial charge in [0.25, 0.3) is 0 Å². The average Bonchev–Trinajstić information content (AvgIpc) is 3.14. The van der Waals surface area contributed by atoms with Crippen molar-refractivity contribution in [2.75, 3.05) is 20.3 Å². The van der Waals surface area contributed by atoms with Gasteiger partial charge in [0.05, 0.1) is 18.0 Å². The molecule has 0 spiro atoms. The molecule has 1 fully saturated rings. The van der Waals surface area contributed by atoms with E-state index in [9.17, 15) is 0 Å². The molecule has 0 unspecified atom stereocenters. The minimum Gasteiger partial charge on any atom is -0.384 e. The van der Waals surface area contributed by atoms with Crippen LogP contribution in [0.25, 0.3) is 11.1 Å². The highest BCUT2D eigenvalue weighted by Crippen LogP contribution is 2.48. The molecule has 2 aliphatic carbocycles. The molecule has 0 radical (unpaired) electrons. The van der Waals surface area contributed by atoms with Crippen LogP contribution in [-0.2, 0) is 23.0 Å². The number of ether oxygens (including phenoxy) is 1. The van der Waals surface area contributed by atoms with Gasteiger partial charge in [0.1, 0.15) is 6.54 Å². The molecule has 0 amide bonds. The molecule has 2 aromatic rings. The van der Waals surface area contributed by atoms with Crippen LogP contribution in [0.5, 0.6) is 0 Å². The molecule has 0 saturated heterocycles. The molecule has 3 aliphatic rings. The second kappa shape index (κ2) is 7.99. The second-order valence-corrected chi connectivity index (χ2v) is 8.88. The van der Waals surface area contributed by atoms with E-state index >= 15 is 0 Å². The largest absolute Gasteiger partial charge is 0.384 e. The van der Waals surface area contributed by atoms with Crippen molar-refractivity contribution >= 4 is 5.71 Å². The normalized spacial score (nSPS) is 19.7. The number of fused-ring (bicyclic) bond motifs is 1. The first-order valence-electron chi connectivity index (χ1n) is 11.1. The molecule has 30 heavy (non-hydrogen) atoms. The van der Waals surface area contributed by atoms with Gasteiger partial charge >= 0.3 is 0 Å². The van der Waals surface area contributed by atoms with Gasteiger partial charge in [-0.1, -0.05) is 12.8 Å². The van der Waals surface area contributed by atoms with E-state index in [1.165, 1.54) is 48.1 Å². The van der Waals surface area contributed by atoms with Crippen LogP contribution in [-0.4, -0.2) is 35.9 Å². The van der Waals surface area contributed by atoms with Gasteiger partial charge < -0.3 is 4.74 Å². The van der Waals surface area contributed by atoms with Crippen molar-refractivity contribution in [3.63, 3.8) is 0 Å². The van der Waals surface area contributed by atoms with Gasteiger partial charge in [0, 0.05) is 35.7 Å². The van der Waals surface area contributed by atoms with Crippen LogP contribution in [0.3, 0.4) is 0 Å². The topological polar surface area (TPSA) is 72.1 Å². The molecule has 0 bridgehead atoms. The van der Waals surface area contributed by atoms with Gasteiger partial charge in [0.15, 0.2) is 0 Å². The lowest BCUT2D eigenvalue weighted by atomic mass is 9.64. The van der Waals surface area contributed by atoms with Gasteiger partial charge in [-0.3, -0.25) is 9.97 Å². The van der Waals surface area contributed by atoms with Crippen LogP contribution in [0.15, 0.2) is 33.8 Å². The van der Waals surface area contributed by atoms with Crippen molar-refractivity contribution in [1.82, 2.24) is 9.97 Å². The van der Waals surface area contributed by atoms with Crippen molar-refractivity contribution in [3.8, 4) is 11.1 Å². The van der Waals surface area contributed by atoms with Crippen molar-refractivity contribution in [1.29, 1.82) is 0 Å². The minimum absolute atomic E-state index is 0.0344. The Morgan fingerprint density at radius 3 is 2.63 bits per heavy atom. The molecule has 0 N–H and O–H groups in total. The Morgan fingerprint density at radius 1 is 1.07 bits per heavy atom. The van der Waals surface area contributed by atoms with Crippen LogP contribution in [0.4, 0.5) is 0 Å². The summed E-state index contributed by atoms with van der Waals surface area (Å²) >= 11 is 0. The Morgan fingerprint density at radius 2 is 1.93 bits per heavy atom. The van der Waals surface area contributed by atoms with Crippen LogP contribution in [0.1, 0.15) is 66.7 Å². The quantitative estimate of drug-likeness (QED) is 0.663. The number of aromatic nitrogens is 2. The number of aryl methyl sites for hydroxylation is 2. The predicted octanol–water partition coefficient (Wildman–Crippen LogP) is 4.96. The zero-order chi connectivity index (χ0) is 20.6. The van der Waals surface area contributed by atoms with Crippen LogP contribution in [0, 0.1) is 6.92 Å². The Kier molecular flexibility index (Phi) is 5.19. The summed E-state index contributed by atoms with van der Waals surface area (Å²) < 4.78 is 5.72. The van der Waals surface area contributed by atoms with Gasteiger partial charge in [0.2, 0.25) is 0 Å². The number of hydrogen-bond donors (Lipinski definition) is 0. The zero-order valence-electron chi connectivity index (χ0n) is 17.9. The lowest BCUT2D eigenvalue weighted by Crippen LogP contribution is -2.41. The molecule has 156 valence electrons. The van der Waals surface area contributed by atoms with Crippen molar-refractivity contribution in [3.05, 3.63) is 46.5 Å². The molecule has 3 heterocycles. The van der Waals surface area contributed by atoms with Gasteiger partial charge in [-0.05, 0) is 79.5 Å². The van der Waals surface area contributed by atoms with E-state index in [0.717, 1.165) is 48.3 Å². The molecule has 0 aromatic carbocycles. The van der Waals surface area contributed by atoms with E-state index in [2.05, 4.69) is 39.5 Å². The van der Waals surface area contributed by atoms with E-state index in [4.69, 9.17) is 9.72 Å². The fraction of sp³-hybridized carbons (Fsp3) is 0.542. The van der Waals surface area contributed by atoms with E-state index in [1.54, 1.807) is 7.11 Å². The second-order valence-electron chi connectivity index (χ2n) is 8.88. The third kappa shape index (κ3) is 3.27. The summed E-state index contributed by atoms with van der Waals surface area (Å²) in [5, 5.41) is 12.6. The highest BCUT2D eigenvalue weighted by atomic mass is 16.5. The Labute approximate surface area is 177 Å². The molecule has 5 rings (SSSR count). The Bertz CT molecular complexity index is 1020. The lowest BCUT2D eigenvalue weighted by molar-refractivity contribution is 0.0761. The maximum atomic E-state index is 5.72. The molecule has 6 nitrogen and oxygen atoms in total. The molecule has 1 aliphatic heterocycles. The number of nitrogens with zero attached hydrogens (tertiary/aromatic N) is 5. The summed E-state index contributed by atoms with van der Waals surface area (Å²) in [4.78, 5) is 9.83. The predicted molar refractivity (Wildman–Crippen MR) is 117 cm³/mol. The van der Waals surface area contributed by atoms with Crippen LogP contribution >= 0.6 is 0 Å². The molecule has 6 heteroatoms. The summed E-state index contributed by atoms with van der Waals surface area (Å²) in [5.74, 6) is 0. The first-order chi connectivity index (χ1) is 14.7. The van der Waals surface area contributed by atoms with E-state index < -0.39 is 0 Å². The SMILES string of the molecule is COCC1(c2nc3c(c(-c4ccnc(C)c4)c2C2=NN=NC2)CCCCC3)CCC1. The molecule has 1 saturated carbocycles. The third-order valence-electron chi connectivity index (χ3n) is 6.88. The zero-order valence-corrected chi connectivity index (χ0v) is 17.9. The first-order valence-corrected chi connectivity index (χ1v) is 11.1. The highest BCUT2D eigenvalue weighted by molar-refractivity contribution is 6.09. The summed E-state index contributed by atoms with van der Waals surface area (Å²) in [6.45, 7) is 3.27. The summed E-state index contributed by atoms with van der Waals surface area (Å²) in [6.07, 6.45) is 11.1. The van der Waals surface area contributed by atoms with Crippen molar-refractivity contribution in [2.45, 2.75) is 63.7 Å². The van der Waals surface area contributed by atoms with Crippen LogP contribution < -0.4 is 0 Å². The number of hydrogen-bond acceptors (Lipinski definition) is 6. The average molecular weight is 404 g/mol. The van der Waals surface area contributed by atoms with Crippen molar-refractivity contribution < 1.29 is 4.74 Å². The summed E-state index contributed by atoms with van der Waals surface area (Å²) in [5.41, 5.74) is 9.40. The molecular weight excluding hydrogens is 374 g/mol. The van der Waals surface area contributed by atoms with Gasteiger partial charge in [-0.2, -0.15) is 5.11 Å². The molecular formula is C24H29N5O. The number of pyridine rings is 2.